The minimum atomic E-state index is -0.324. The summed E-state index contributed by atoms with van der Waals surface area (Å²) < 4.78 is 0. The van der Waals surface area contributed by atoms with Crippen molar-refractivity contribution in [3.8, 4) is 6.07 Å². The number of urea groups is 1. The Kier molecular flexibility index (Phi) is 6.42. The summed E-state index contributed by atoms with van der Waals surface area (Å²) in [6.45, 7) is 2.45. The fourth-order valence-electron chi connectivity index (χ4n) is 3.44. The van der Waals surface area contributed by atoms with Gasteiger partial charge in [0.1, 0.15) is 0 Å². The fourth-order valence-corrected chi connectivity index (χ4v) is 3.44. The van der Waals surface area contributed by atoms with Crippen molar-refractivity contribution in [2.45, 2.75) is 19.0 Å². The van der Waals surface area contributed by atoms with E-state index in [-0.39, 0.29) is 24.6 Å². The van der Waals surface area contributed by atoms with Crippen LogP contribution in [0.3, 0.4) is 0 Å². The van der Waals surface area contributed by atoms with E-state index in [0.29, 0.717) is 17.8 Å². The summed E-state index contributed by atoms with van der Waals surface area (Å²) in [5, 5.41) is 24.4. The number of aliphatic hydroxyl groups excluding tert-OH is 1. The first-order valence-corrected chi connectivity index (χ1v) is 9.12. The van der Waals surface area contributed by atoms with E-state index in [1.807, 2.05) is 18.2 Å². The number of nitrogens with one attached hydrogen (secondary N) is 2. The quantitative estimate of drug-likeness (QED) is 0.761. The molecule has 3 rings (SSSR count). The van der Waals surface area contributed by atoms with Crippen molar-refractivity contribution in [3.63, 3.8) is 0 Å². The molecule has 6 nitrogen and oxygen atoms in total. The first kappa shape index (κ1) is 18.9. The number of hydrogen-bond donors (Lipinski definition) is 3. The summed E-state index contributed by atoms with van der Waals surface area (Å²) in [6.07, 6.45) is 0.832. The molecule has 0 unspecified atom stereocenters. The SMILES string of the molecule is N#Cc1cccc(NC(=O)N[C@@H]2CN(Cc3ccccc3)CC[C@H]2CO)c1. The number of carbonyl (C=O) groups excluding carboxylic acids is 1. The van der Waals surface area contributed by atoms with Crippen LogP contribution in [0.2, 0.25) is 0 Å². The molecule has 0 aromatic heterocycles. The molecule has 0 saturated carbocycles. The Hall–Kier alpha value is -2.88. The summed E-state index contributed by atoms with van der Waals surface area (Å²) in [5.74, 6) is 0.0354. The van der Waals surface area contributed by atoms with Crippen LogP contribution in [0.15, 0.2) is 54.6 Å². The highest BCUT2D eigenvalue weighted by atomic mass is 16.3. The first-order valence-electron chi connectivity index (χ1n) is 9.12. The second kappa shape index (κ2) is 9.17. The normalized spacial score (nSPS) is 19.9. The van der Waals surface area contributed by atoms with Gasteiger partial charge in [-0.1, -0.05) is 36.4 Å². The van der Waals surface area contributed by atoms with Crippen LogP contribution in [0.4, 0.5) is 10.5 Å². The van der Waals surface area contributed by atoms with Crippen LogP contribution in [0, 0.1) is 17.2 Å². The smallest absolute Gasteiger partial charge is 0.319 e. The number of aliphatic hydroxyl groups is 1. The highest BCUT2D eigenvalue weighted by Gasteiger charge is 2.30. The van der Waals surface area contributed by atoms with E-state index in [4.69, 9.17) is 5.26 Å². The molecule has 2 amide bonds. The number of nitrogens with zero attached hydrogens (tertiary/aromatic N) is 2. The third kappa shape index (κ3) is 5.30. The molecule has 2 atom stereocenters. The first-order chi connectivity index (χ1) is 13.2. The summed E-state index contributed by atoms with van der Waals surface area (Å²) >= 11 is 0. The summed E-state index contributed by atoms with van der Waals surface area (Å²) in [7, 11) is 0. The fraction of sp³-hybridized carbons (Fsp3) is 0.333. The molecular weight excluding hydrogens is 340 g/mol. The molecule has 2 aromatic rings. The maximum absolute atomic E-state index is 12.4. The zero-order valence-electron chi connectivity index (χ0n) is 15.1. The maximum Gasteiger partial charge on any atom is 0.319 e. The number of piperidine rings is 1. The van der Waals surface area contributed by atoms with Crippen LogP contribution >= 0.6 is 0 Å². The van der Waals surface area contributed by atoms with E-state index in [1.165, 1.54) is 5.56 Å². The van der Waals surface area contributed by atoms with Gasteiger partial charge >= 0.3 is 6.03 Å². The topological polar surface area (TPSA) is 88.4 Å². The number of amides is 2. The number of carbonyl (C=O) groups is 1. The molecule has 2 aromatic carbocycles. The van der Waals surface area contributed by atoms with Gasteiger partial charge in [0.15, 0.2) is 0 Å². The van der Waals surface area contributed by atoms with Crippen molar-refractivity contribution in [2.75, 3.05) is 25.0 Å². The number of rotatable bonds is 5. The van der Waals surface area contributed by atoms with Crippen molar-refractivity contribution in [3.05, 3.63) is 65.7 Å². The van der Waals surface area contributed by atoms with Gasteiger partial charge in [-0.2, -0.15) is 5.26 Å². The Morgan fingerprint density at radius 2 is 2.04 bits per heavy atom. The van der Waals surface area contributed by atoms with Gasteiger partial charge in [-0.25, -0.2) is 4.79 Å². The predicted octanol–water partition coefficient (Wildman–Crippen LogP) is 2.56. The summed E-state index contributed by atoms with van der Waals surface area (Å²) in [5.41, 5.74) is 2.30. The van der Waals surface area contributed by atoms with Gasteiger partial charge in [0.2, 0.25) is 0 Å². The monoisotopic (exact) mass is 364 g/mol. The standard InChI is InChI=1S/C21H24N4O2/c22-12-17-7-4-8-19(11-17)23-21(27)24-20-14-25(10-9-18(20)15-26)13-16-5-2-1-3-6-16/h1-8,11,18,20,26H,9-10,13-15H2,(H2,23,24,27)/t18-,20+/m0/s1. The minimum absolute atomic E-state index is 0.0354. The van der Waals surface area contributed by atoms with Gasteiger partial charge < -0.3 is 15.7 Å². The molecule has 3 N–H and O–H groups in total. The Labute approximate surface area is 159 Å². The molecule has 0 bridgehead atoms. The van der Waals surface area contributed by atoms with Crippen LogP contribution < -0.4 is 10.6 Å². The van der Waals surface area contributed by atoms with E-state index in [2.05, 4.69) is 33.7 Å². The Balaban J connectivity index is 1.60. The number of anilines is 1. The number of nitriles is 1. The van der Waals surface area contributed by atoms with E-state index in [1.54, 1.807) is 24.3 Å². The van der Waals surface area contributed by atoms with E-state index >= 15 is 0 Å². The Morgan fingerprint density at radius 1 is 1.22 bits per heavy atom. The summed E-state index contributed by atoms with van der Waals surface area (Å²) in [4.78, 5) is 14.7. The summed E-state index contributed by atoms with van der Waals surface area (Å²) in [6, 6.07) is 18.6. The average Bonchev–Trinajstić information content (AvgIpc) is 2.69. The van der Waals surface area contributed by atoms with Gasteiger partial charge in [-0.05, 0) is 36.7 Å². The second-order valence-electron chi connectivity index (χ2n) is 6.85. The lowest BCUT2D eigenvalue weighted by molar-refractivity contribution is 0.0958. The van der Waals surface area contributed by atoms with Crippen LogP contribution in [0.1, 0.15) is 17.5 Å². The molecule has 1 aliphatic rings. The molecular formula is C21H24N4O2. The zero-order chi connectivity index (χ0) is 19.1. The van der Waals surface area contributed by atoms with Crippen LogP contribution in [0.5, 0.6) is 0 Å². The molecule has 1 heterocycles. The highest BCUT2D eigenvalue weighted by molar-refractivity contribution is 5.89. The lowest BCUT2D eigenvalue weighted by atomic mass is 9.92. The lowest BCUT2D eigenvalue weighted by Gasteiger charge is -2.38. The number of likely N-dealkylation sites (tertiary alicyclic amines) is 1. The second-order valence-corrected chi connectivity index (χ2v) is 6.85. The largest absolute Gasteiger partial charge is 0.396 e. The van der Waals surface area contributed by atoms with Crippen molar-refractivity contribution in [2.24, 2.45) is 5.92 Å². The van der Waals surface area contributed by atoms with E-state index in [0.717, 1.165) is 19.5 Å². The third-order valence-electron chi connectivity index (χ3n) is 4.89. The van der Waals surface area contributed by atoms with E-state index in [9.17, 15) is 9.90 Å². The van der Waals surface area contributed by atoms with Crippen molar-refractivity contribution in [1.82, 2.24) is 10.2 Å². The zero-order valence-corrected chi connectivity index (χ0v) is 15.1. The molecule has 0 radical (unpaired) electrons. The number of benzene rings is 2. The van der Waals surface area contributed by atoms with Gasteiger partial charge in [0.25, 0.3) is 0 Å². The lowest BCUT2D eigenvalue weighted by Crippen LogP contribution is -2.54. The highest BCUT2D eigenvalue weighted by Crippen LogP contribution is 2.20. The average molecular weight is 364 g/mol. The van der Waals surface area contributed by atoms with Crippen molar-refractivity contribution in [1.29, 1.82) is 5.26 Å². The van der Waals surface area contributed by atoms with Gasteiger partial charge in [0, 0.05) is 37.3 Å². The van der Waals surface area contributed by atoms with Crippen LogP contribution in [-0.2, 0) is 6.54 Å². The van der Waals surface area contributed by atoms with Gasteiger partial charge in [-0.15, -0.1) is 0 Å². The molecule has 0 spiro atoms. The Bertz CT molecular complexity index is 803. The molecule has 27 heavy (non-hydrogen) atoms. The van der Waals surface area contributed by atoms with Gasteiger partial charge in [-0.3, -0.25) is 4.90 Å². The van der Waals surface area contributed by atoms with Crippen LogP contribution in [-0.4, -0.2) is 41.8 Å². The molecule has 140 valence electrons. The van der Waals surface area contributed by atoms with Crippen molar-refractivity contribution < 1.29 is 9.90 Å². The Morgan fingerprint density at radius 3 is 2.78 bits per heavy atom. The predicted molar refractivity (Wildman–Crippen MR) is 104 cm³/mol. The van der Waals surface area contributed by atoms with Gasteiger partial charge in [0.05, 0.1) is 11.6 Å². The molecule has 6 heteroatoms. The maximum atomic E-state index is 12.4. The molecule has 1 saturated heterocycles. The van der Waals surface area contributed by atoms with Crippen LogP contribution in [0.25, 0.3) is 0 Å². The minimum Gasteiger partial charge on any atom is -0.396 e. The molecule has 1 fully saturated rings. The number of hydrogen-bond acceptors (Lipinski definition) is 4. The van der Waals surface area contributed by atoms with Crippen molar-refractivity contribution >= 4 is 11.7 Å². The molecule has 1 aliphatic heterocycles. The van der Waals surface area contributed by atoms with E-state index < -0.39 is 0 Å². The third-order valence-corrected chi connectivity index (χ3v) is 4.89. The molecule has 0 aliphatic carbocycles.